The van der Waals surface area contributed by atoms with Crippen LogP contribution in [0, 0.1) is 0 Å². The summed E-state index contributed by atoms with van der Waals surface area (Å²) in [6.45, 7) is 2.80. The molecule has 134 valence electrons. The predicted molar refractivity (Wildman–Crippen MR) is 98.9 cm³/mol. The van der Waals surface area contributed by atoms with Crippen molar-refractivity contribution in [1.82, 2.24) is 10.2 Å². The summed E-state index contributed by atoms with van der Waals surface area (Å²) < 4.78 is 0. The van der Waals surface area contributed by atoms with Gasteiger partial charge in [-0.3, -0.25) is 19.3 Å². The van der Waals surface area contributed by atoms with Gasteiger partial charge in [0.05, 0.1) is 11.1 Å². The molecule has 5 nitrogen and oxygen atoms in total. The highest BCUT2D eigenvalue weighted by Gasteiger charge is 2.34. The van der Waals surface area contributed by atoms with Crippen molar-refractivity contribution in [3.05, 3.63) is 71.3 Å². The second-order valence-electron chi connectivity index (χ2n) is 6.51. The van der Waals surface area contributed by atoms with Crippen molar-refractivity contribution in [3.8, 4) is 0 Å². The maximum atomic E-state index is 12.3. The molecule has 0 aliphatic carbocycles. The fourth-order valence-corrected chi connectivity index (χ4v) is 3.12. The van der Waals surface area contributed by atoms with Crippen LogP contribution < -0.4 is 5.32 Å². The van der Waals surface area contributed by atoms with Gasteiger partial charge in [-0.1, -0.05) is 49.4 Å². The van der Waals surface area contributed by atoms with Crippen LogP contribution in [0.25, 0.3) is 0 Å². The molecule has 1 aliphatic heterocycles. The number of carbonyl (C=O) groups is 3. The minimum atomic E-state index is -0.323. The zero-order valence-electron chi connectivity index (χ0n) is 14.8. The third kappa shape index (κ3) is 3.82. The average Bonchev–Trinajstić information content (AvgIpc) is 2.91. The van der Waals surface area contributed by atoms with Crippen LogP contribution in [0.2, 0.25) is 0 Å². The first-order valence-corrected chi connectivity index (χ1v) is 8.85. The largest absolute Gasteiger partial charge is 0.356 e. The van der Waals surface area contributed by atoms with Crippen LogP contribution in [0.5, 0.6) is 0 Å². The molecule has 2 aromatic carbocycles. The highest BCUT2D eigenvalue weighted by atomic mass is 16.2. The Balaban J connectivity index is 1.44. The Labute approximate surface area is 153 Å². The lowest BCUT2D eigenvalue weighted by Crippen LogP contribution is -2.35. The number of hydrogen-bond donors (Lipinski definition) is 1. The van der Waals surface area contributed by atoms with E-state index in [4.69, 9.17) is 0 Å². The van der Waals surface area contributed by atoms with E-state index in [0.717, 1.165) is 11.3 Å². The van der Waals surface area contributed by atoms with Crippen molar-refractivity contribution in [1.29, 1.82) is 0 Å². The third-order valence-corrected chi connectivity index (χ3v) is 4.71. The average molecular weight is 350 g/mol. The van der Waals surface area contributed by atoms with Crippen LogP contribution in [0.15, 0.2) is 54.6 Å². The molecular formula is C21H22N2O3. The van der Waals surface area contributed by atoms with Crippen molar-refractivity contribution in [2.45, 2.75) is 25.7 Å². The molecule has 2 aromatic rings. The van der Waals surface area contributed by atoms with Crippen molar-refractivity contribution >= 4 is 17.7 Å². The fourth-order valence-electron chi connectivity index (χ4n) is 3.12. The van der Waals surface area contributed by atoms with Gasteiger partial charge in [-0.25, -0.2) is 0 Å². The summed E-state index contributed by atoms with van der Waals surface area (Å²) >= 11 is 0. The molecule has 0 radical (unpaired) electrons. The van der Waals surface area contributed by atoms with Crippen molar-refractivity contribution in [3.63, 3.8) is 0 Å². The molecule has 0 saturated heterocycles. The minimum absolute atomic E-state index is 0.104. The summed E-state index contributed by atoms with van der Waals surface area (Å²) in [5, 5.41) is 2.87. The van der Waals surface area contributed by atoms with Crippen LogP contribution in [-0.4, -0.2) is 35.7 Å². The Bertz CT molecular complexity index is 782. The number of amides is 3. The van der Waals surface area contributed by atoms with Crippen LogP contribution >= 0.6 is 0 Å². The predicted octanol–water partition coefficient (Wildman–Crippen LogP) is 2.98. The summed E-state index contributed by atoms with van der Waals surface area (Å²) in [6.07, 6.45) is 0.952. The zero-order valence-corrected chi connectivity index (χ0v) is 14.8. The lowest BCUT2D eigenvalue weighted by atomic mass is 9.98. The van der Waals surface area contributed by atoms with E-state index in [9.17, 15) is 14.4 Å². The molecular weight excluding hydrogens is 328 g/mol. The van der Waals surface area contributed by atoms with Crippen LogP contribution in [0.4, 0.5) is 0 Å². The van der Waals surface area contributed by atoms with E-state index < -0.39 is 0 Å². The molecule has 26 heavy (non-hydrogen) atoms. The molecule has 3 amide bonds. The van der Waals surface area contributed by atoms with E-state index in [-0.39, 0.29) is 30.7 Å². The molecule has 1 N–H and O–H groups in total. The highest BCUT2D eigenvalue weighted by Crippen LogP contribution is 2.22. The van der Waals surface area contributed by atoms with Crippen molar-refractivity contribution < 1.29 is 14.4 Å². The van der Waals surface area contributed by atoms with Crippen molar-refractivity contribution in [2.24, 2.45) is 0 Å². The topological polar surface area (TPSA) is 66.5 Å². The van der Waals surface area contributed by atoms with Gasteiger partial charge in [0.25, 0.3) is 11.8 Å². The lowest BCUT2D eigenvalue weighted by molar-refractivity contribution is -0.121. The van der Waals surface area contributed by atoms with Crippen molar-refractivity contribution in [2.75, 3.05) is 13.1 Å². The fraction of sp³-hybridized carbons (Fsp3) is 0.286. The van der Waals surface area contributed by atoms with E-state index in [1.165, 1.54) is 5.56 Å². The van der Waals surface area contributed by atoms with Gasteiger partial charge in [0, 0.05) is 19.5 Å². The van der Waals surface area contributed by atoms with E-state index in [2.05, 4.69) is 24.4 Å². The summed E-state index contributed by atoms with van der Waals surface area (Å²) in [7, 11) is 0. The minimum Gasteiger partial charge on any atom is -0.356 e. The first kappa shape index (κ1) is 17.9. The second kappa shape index (κ2) is 7.95. The normalized spacial score (nSPS) is 14.3. The summed E-state index contributed by atoms with van der Waals surface area (Å²) in [5.41, 5.74) is 2.07. The van der Waals surface area contributed by atoms with Gasteiger partial charge in [0.1, 0.15) is 0 Å². The Morgan fingerprint density at radius 2 is 1.54 bits per heavy atom. The van der Waals surface area contributed by atoms with Gasteiger partial charge in [-0.15, -0.1) is 0 Å². The Hall–Kier alpha value is -2.95. The first-order valence-electron chi connectivity index (χ1n) is 8.85. The number of fused-ring (bicyclic) bond motifs is 1. The number of hydrogen-bond acceptors (Lipinski definition) is 3. The van der Waals surface area contributed by atoms with Gasteiger partial charge >= 0.3 is 0 Å². The Morgan fingerprint density at radius 1 is 0.962 bits per heavy atom. The number of nitrogens with zero attached hydrogens (tertiary/aromatic N) is 1. The van der Waals surface area contributed by atoms with Crippen LogP contribution in [0.3, 0.4) is 0 Å². The lowest BCUT2D eigenvalue weighted by Gasteiger charge is -2.15. The molecule has 1 unspecified atom stereocenters. The molecule has 0 spiro atoms. The zero-order chi connectivity index (χ0) is 18.5. The number of rotatable bonds is 7. The van der Waals surface area contributed by atoms with Crippen LogP contribution in [-0.2, 0) is 4.79 Å². The molecule has 0 aromatic heterocycles. The number of nitrogens with one attached hydrogen (secondary N) is 1. The molecule has 0 fully saturated rings. The van der Waals surface area contributed by atoms with E-state index >= 15 is 0 Å². The van der Waals surface area contributed by atoms with Gasteiger partial charge in [-0.05, 0) is 30.0 Å². The second-order valence-corrected chi connectivity index (χ2v) is 6.51. The summed E-state index contributed by atoms with van der Waals surface area (Å²) in [4.78, 5) is 37.7. The maximum Gasteiger partial charge on any atom is 0.261 e. The maximum absolute atomic E-state index is 12.3. The van der Waals surface area contributed by atoms with E-state index in [1.807, 2.05) is 18.2 Å². The van der Waals surface area contributed by atoms with Gasteiger partial charge in [-0.2, -0.15) is 0 Å². The summed E-state index contributed by atoms with van der Waals surface area (Å²) in [5.74, 6) is -0.443. The molecule has 0 saturated carbocycles. The molecule has 1 atom stereocenters. The van der Waals surface area contributed by atoms with Crippen LogP contribution in [0.1, 0.15) is 52.0 Å². The standard InChI is InChI=1S/C21H22N2O3/c1-15(16-7-3-2-4-8-16)11-13-22-19(24)12-14-23-20(25)17-9-5-6-10-18(17)21(23)26/h2-10,15H,11-14H2,1H3,(H,22,24). The number of carbonyl (C=O) groups excluding carboxylic acids is 3. The molecule has 1 aliphatic rings. The summed E-state index contributed by atoms with van der Waals surface area (Å²) in [6, 6.07) is 16.9. The quantitative estimate of drug-likeness (QED) is 0.781. The highest BCUT2D eigenvalue weighted by molar-refractivity contribution is 6.21. The molecule has 5 heteroatoms. The van der Waals surface area contributed by atoms with Gasteiger partial charge in [0.15, 0.2) is 0 Å². The molecule has 1 heterocycles. The smallest absolute Gasteiger partial charge is 0.261 e. The van der Waals surface area contributed by atoms with Gasteiger partial charge < -0.3 is 5.32 Å². The Kier molecular flexibility index (Phi) is 5.46. The molecule has 0 bridgehead atoms. The van der Waals surface area contributed by atoms with E-state index in [1.54, 1.807) is 24.3 Å². The number of benzene rings is 2. The van der Waals surface area contributed by atoms with Gasteiger partial charge in [0.2, 0.25) is 5.91 Å². The number of imide groups is 1. The van der Waals surface area contributed by atoms with E-state index in [0.29, 0.717) is 23.6 Å². The first-order chi connectivity index (χ1) is 12.6. The Morgan fingerprint density at radius 3 is 2.15 bits per heavy atom. The monoisotopic (exact) mass is 350 g/mol. The molecule has 3 rings (SSSR count). The SMILES string of the molecule is CC(CCNC(=O)CCN1C(=O)c2ccccc2C1=O)c1ccccc1. The third-order valence-electron chi connectivity index (χ3n) is 4.71.